The van der Waals surface area contributed by atoms with Crippen LogP contribution >= 0.6 is 0 Å². The summed E-state index contributed by atoms with van der Waals surface area (Å²) in [7, 11) is 1.56. The number of rotatable bonds is 1. The zero-order chi connectivity index (χ0) is 24.9. The van der Waals surface area contributed by atoms with E-state index in [-0.39, 0.29) is 39.7 Å². The SMILES string of the molecule is COC(=O)C1CCC2(C)CCC3(C)C(=CCC4C5(C)CCC(O)C(C)(C)C5CCC43C)C2C1C. The fourth-order valence-corrected chi connectivity index (χ4v) is 11.2. The monoisotopic (exact) mass is 470 g/mol. The molecule has 4 fully saturated rings. The number of aliphatic hydroxyl groups is 1. The molecule has 0 aromatic heterocycles. The van der Waals surface area contributed by atoms with E-state index < -0.39 is 0 Å². The third-order valence-electron chi connectivity index (χ3n) is 13.5. The van der Waals surface area contributed by atoms with E-state index in [0.717, 1.165) is 25.7 Å². The van der Waals surface area contributed by atoms with Crippen LogP contribution in [0.15, 0.2) is 11.6 Å². The van der Waals surface area contributed by atoms with E-state index in [0.29, 0.717) is 29.1 Å². The molecule has 0 saturated heterocycles. The van der Waals surface area contributed by atoms with E-state index in [1.54, 1.807) is 12.7 Å². The van der Waals surface area contributed by atoms with E-state index in [1.165, 1.54) is 32.1 Å². The molecule has 0 heterocycles. The summed E-state index contributed by atoms with van der Waals surface area (Å²) in [5, 5.41) is 10.9. The second kappa shape index (κ2) is 7.59. The Morgan fingerprint density at radius 1 is 0.941 bits per heavy atom. The number of hydrogen-bond acceptors (Lipinski definition) is 3. The van der Waals surface area contributed by atoms with Gasteiger partial charge in [0.1, 0.15) is 0 Å². The van der Waals surface area contributed by atoms with Crippen LogP contribution in [0.1, 0.15) is 106 Å². The lowest BCUT2D eigenvalue weighted by Crippen LogP contribution is -2.64. The summed E-state index contributed by atoms with van der Waals surface area (Å²) in [6, 6.07) is 0. The fourth-order valence-electron chi connectivity index (χ4n) is 11.2. The average Bonchev–Trinajstić information content (AvgIpc) is 2.77. The third kappa shape index (κ3) is 2.94. The summed E-state index contributed by atoms with van der Waals surface area (Å²) in [5.74, 6) is 2.11. The van der Waals surface area contributed by atoms with Crippen molar-refractivity contribution in [2.75, 3.05) is 7.11 Å². The topological polar surface area (TPSA) is 46.5 Å². The van der Waals surface area contributed by atoms with Crippen LogP contribution in [-0.2, 0) is 9.53 Å². The van der Waals surface area contributed by atoms with Gasteiger partial charge in [0, 0.05) is 0 Å². The van der Waals surface area contributed by atoms with Gasteiger partial charge in [-0.1, -0.05) is 60.1 Å². The summed E-state index contributed by atoms with van der Waals surface area (Å²) in [6.07, 6.45) is 12.9. The molecule has 4 saturated carbocycles. The Labute approximate surface area is 208 Å². The average molecular weight is 471 g/mol. The standard InChI is InChI=1S/C31H50O3/c1-19-20(26(33)34-8)11-14-28(4)17-18-30(6)21(25(19)28)9-10-23-29(5)15-13-24(32)27(2,3)22(29)12-16-31(23,30)7/h9,19-20,22-25,32H,10-18H2,1-8H3. The Bertz CT molecular complexity index is 889. The number of esters is 1. The first-order chi connectivity index (χ1) is 15.8. The van der Waals surface area contributed by atoms with Crippen LogP contribution in [0, 0.1) is 56.7 Å². The number of allylic oxidation sites excluding steroid dienone is 2. The number of aliphatic hydroxyl groups excluding tert-OH is 1. The van der Waals surface area contributed by atoms with Gasteiger partial charge in [0.15, 0.2) is 0 Å². The van der Waals surface area contributed by atoms with Gasteiger partial charge in [-0.3, -0.25) is 4.79 Å². The third-order valence-corrected chi connectivity index (χ3v) is 13.5. The maximum absolute atomic E-state index is 12.7. The Hall–Kier alpha value is -0.830. The van der Waals surface area contributed by atoms with Gasteiger partial charge >= 0.3 is 5.97 Å². The molecule has 0 bridgehead atoms. The molecule has 5 rings (SSSR count). The second-order valence-electron chi connectivity index (χ2n) is 14.8. The first kappa shape index (κ1) is 24.8. The second-order valence-corrected chi connectivity index (χ2v) is 14.8. The Morgan fingerprint density at radius 2 is 1.65 bits per heavy atom. The number of carbonyl (C=O) groups is 1. The van der Waals surface area contributed by atoms with Crippen LogP contribution in [0.5, 0.6) is 0 Å². The molecule has 0 aliphatic heterocycles. The van der Waals surface area contributed by atoms with E-state index in [9.17, 15) is 9.90 Å². The summed E-state index contributed by atoms with van der Waals surface area (Å²) in [5.41, 5.74) is 2.75. The normalized spacial score (nSPS) is 54.0. The zero-order valence-electron chi connectivity index (χ0n) is 23.2. The van der Waals surface area contributed by atoms with Crippen molar-refractivity contribution in [2.45, 2.75) is 112 Å². The molecule has 3 heteroatoms. The first-order valence-electron chi connectivity index (χ1n) is 14.2. The number of fused-ring (bicyclic) bond motifs is 7. The molecular formula is C31H50O3. The Morgan fingerprint density at radius 3 is 2.32 bits per heavy atom. The van der Waals surface area contributed by atoms with Crippen molar-refractivity contribution < 1.29 is 14.6 Å². The molecule has 10 unspecified atom stereocenters. The molecule has 192 valence electrons. The van der Waals surface area contributed by atoms with E-state index in [1.807, 2.05) is 0 Å². The lowest BCUT2D eigenvalue weighted by Gasteiger charge is -2.71. The van der Waals surface area contributed by atoms with E-state index in [4.69, 9.17) is 4.74 Å². The molecule has 0 aromatic carbocycles. The van der Waals surface area contributed by atoms with E-state index >= 15 is 0 Å². The number of methoxy groups -OCH3 is 1. The van der Waals surface area contributed by atoms with Gasteiger partial charge in [-0.05, 0) is 109 Å². The Balaban J connectivity index is 1.57. The van der Waals surface area contributed by atoms with Crippen LogP contribution in [0.3, 0.4) is 0 Å². The van der Waals surface area contributed by atoms with Crippen molar-refractivity contribution in [1.29, 1.82) is 0 Å². The predicted octanol–water partition coefficient (Wildman–Crippen LogP) is 7.18. The van der Waals surface area contributed by atoms with Crippen LogP contribution in [0.25, 0.3) is 0 Å². The Kier molecular flexibility index (Phi) is 5.55. The summed E-state index contributed by atoms with van der Waals surface area (Å²) < 4.78 is 5.26. The number of ether oxygens (including phenoxy) is 1. The lowest BCUT2D eigenvalue weighted by atomic mass is 9.33. The van der Waals surface area contributed by atoms with Crippen LogP contribution < -0.4 is 0 Å². The molecule has 0 spiro atoms. The predicted molar refractivity (Wildman–Crippen MR) is 137 cm³/mol. The maximum Gasteiger partial charge on any atom is 0.308 e. The fraction of sp³-hybridized carbons (Fsp3) is 0.903. The molecule has 5 aliphatic carbocycles. The highest BCUT2D eigenvalue weighted by atomic mass is 16.5. The molecule has 34 heavy (non-hydrogen) atoms. The maximum atomic E-state index is 12.7. The molecule has 0 aromatic rings. The van der Waals surface area contributed by atoms with Gasteiger partial charge in [-0.2, -0.15) is 0 Å². The molecule has 0 amide bonds. The van der Waals surface area contributed by atoms with Crippen LogP contribution in [0.4, 0.5) is 0 Å². The van der Waals surface area contributed by atoms with E-state index in [2.05, 4.69) is 54.5 Å². The molecule has 3 nitrogen and oxygen atoms in total. The molecule has 10 atom stereocenters. The highest BCUT2D eigenvalue weighted by Gasteiger charge is 2.68. The van der Waals surface area contributed by atoms with Crippen molar-refractivity contribution in [1.82, 2.24) is 0 Å². The van der Waals surface area contributed by atoms with Gasteiger partial charge in [0.05, 0.1) is 19.1 Å². The summed E-state index contributed by atoms with van der Waals surface area (Å²) in [6.45, 7) is 17.3. The molecule has 5 aliphatic rings. The summed E-state index contributed by atoms with van der Waals surface area (Å²) in [4.78, 5) is 12.7. The van der Waals surface area contributed by atoms with Gasteiger partial charge in [-0.25, -0.2) is 0 Å². The van der Waals surface area contributed by atoms with Crippen molar-refractivity contribution >= 4 is 5.97 Å². The van der Waals surface area contributed by atoms with Gasteiger partial charge in [-0.15, -0.1) is 0 Å². The largest absolute Gasteiger partial charge is 0.469 e. The van der Waals surface area contributed by atoms with Crippen molar-refractivity contribution in [3.05, 3.63) is 11.6 Å². The van der Waals surface area contributed by atoms with Gasteiger partial charge < -0.3 is 9.84 Å². The van der Waals surface area contributed by atoms with Crippen molar-refractivity contribution in [2.24, 2.45) is 56.7 Å². The van der Waals surface area contributed by atoms with Crippen molar-refractivity contribution in [3.8, 4) is 0 Å². The minimum Gasteiger partial charge on any atom is -0.469 e. The molecule has 1 N–H and O–H groups in total. The minimum atomic E-state index is -0.172. The van der Waals surface area contributed by atoms with Gasteiger partial charge in [0.25, 0.3) is 0 Å². The number of carbonyl (C=O) groups excluding carboxylic acids is 1. The summed E-state index contributed by atoms with van der Waals surface area (Å²) >= 11 is 0. The lowest BCUT2D eigenvalue weighted by molar-refractivity contribution is -0.204. The van der Waals surface area contributed by atoms with Crippen LogP contribution in [0.2, 0.25) is 0 Å². The molecule has 0 radical (unpaired) electrons. The molecular weight excluding hydrogens is 420 g/mol. The zero-order valence-corrected chi connectivity index (χ0v) is 23.2. The smallest absolute Gasteiger partial charge is 0.308 e. The highest BCUT2D eigenvalue weighted by Crippen LogP contribution is 2.75. The quantitative estimate of drug-likeness (QED) is 0.326. The highest BCUT2D eigenvalue weighted by molar-refractivity contribution is 5.73. The van der Waals surface area contributed by atoms with Crippen molar-refractivity contribution in [3.63, 3.8) is 0 Å². The van der Waals surface area contributed by atoms with Gasteiger partial charge in [0.2, 0.25) is 0 Å². The minimum absolute atomic E-state index is 0.00154. The van der Waals surface area contributed by atoms with Crippen LogP contribution in [-0.4, -0.2) is 24.3 Å². The number of hydrogen-bond donors (Lipinski definition) is 1. The first-order valence-corrected chi connectivity index (χ1v) is 14.2.